The molecule has 1 heteroatoms. The first-order chi connectivity index (χ1) is 9.61. The van der Waals surface area contributed by atoms with Crippen molar-refractivity contribution in [1.29, 1.82) is 0 Å². The molecule has 0 N–H and O–H groups in total. The SMILES string of the molecule is C#CCOc1ccc(C(CC(C)(C)C)CC(C)(C)C)cc1. The molecule has 0 aliphatic heterocycles. The Morgan fingerprint density at radius 3 is 1.81 bits per heavy atom. The van der Waals surface area contributed by atoms with Crippen LogP contribution in [0.15, 0.2) is 24.3 Å². The van der Waals surface area contributed by atoms with Gasteiger partial charge in [0.25, 0.3) is 0 Å². The van der Waals surface area contributed by atoms with Crippen LogP contribution >= 0.6 is 0 Å². The molecule has 0 amide bonds. The largest absolute Gasteiger partial charge is 0.481 e. The monoisotopic (exact) mass is 286 g/mol. The number of hydrogen-bond donors (Lipinski definition) is 0. The Kier molecular flexibility index (Phi) is 5.90. The zero-order valence-electron chi connectivity index (χ0n) is 14.5. The van der Waals surface area contributed by atoms with Crippen molar-refractivity contribution < 1.29 is 4.74 Å². The Labute approximate surface area is 131 Å². The van der Waals surface area contributed by atoms with Gasteiger partial charge in [-0.2, -0.15) is 0 Å². The molecule has 0 radical (unpaired) electrons. The highest BCUT2D eigenvalue weighted by Gasteiger charge is 2.25. The minimum absolute atomic E-state index is 0.326. The van der Waals surface area contributed by atoms with Crippen molar-refractivity contribution in [3.05, 3.63) is 29.8 Å². The number of terminal acetylenes is 1. The van der Waals surface area contributed by atoms with Crippen LogP contribution in [0.4, 0.5) is 0 Å². The van der Waals surface area contributed by atoms with Gasteiger partial charge in [-0.1, -0.05) is 59.6 Å². The molecular weight excluding hydrogens is 256 g/mol. The molecule has 0 atom stereocenters. The normalized spacial score (nSPS) is 12.3. The van der Waals surface area contributed by atoms with E-state index in [-0.39, 0.29) is 0 Å². The van der Waals surface area contributed by atoms with Gasteiger partial charge in [-0.15, -0.1) is 6.42 Å². The lowest BCUT2D eigenvalue weighted by Gasteiger charge is -2.31. The Hall–Kier alpha value is -1.42. The molecule has 0 heterocycles. The van der Waals surface area contributed by atoms with Crippen LogP contribution in [-0.2, 0) is 0 Å². The first-order valence-corrected chi connectivity index (χ1v) is 7.77. The summed E-state index contributed by atoms with van der Waals surface area (Å²) in [6.45, 7) is 14.2. The zero-order valence-corrected chi connectivity index (χ0v) is 14.5. The molecule has 0 spiro atoms. The van der Waals surface area contributed by atoms with E-state index >= 15 is 0 Å². The molecule has 116 valence electrons. The van der Waals surface area contributed by atoms with Crippen molar-refractivity contribution in [3.8, 4) is 18.1 Å². The average Bonchev–Trinajstić information content (AvgIpc) is 2.33. The Morgan fingerprint density at radius 1 is 0.952 bits per heavy atom. The predicted octanol–water partition coefficient (Wildman–Crippen LogP) is 5.65. The summed E-state index contributed by atoms with van der Waals surface area (Å²) >= 11 is 0. The summed E-state index contributed by atoms with van der Waals surface area (Å²) in [7, 11) is 0. The molecule has 21 heavy (non-hydrogen) atoms. The molecule has 0 fully saturated rings. The molecule has 0 saturated carbocycles. The minimum Gasteiger partial charge on any atom is -0.481 e. The van der Waals surface area contributed by atoms with Crippen LogP contribution in [0.1, 0.15) is 65.9 Å². The second kappa shape index (κ2) is 7.03. The first-order valence-electron chi connectivity index (χ1n) is 7.77. The van der Waals surface area contributed by atoms with Crippen LogP contribution in [-0.4, -0.2) is 6.61 Å². The van der Waals surface area contributed by atoms with E-state index in [0.717, 1.165) is 5.75 Å². The number of rotatable bonds is 5. The molecule has 0 bridgehead atoms. The van der Waals surface area contributed by atoms with Gasteiger partial charge in [-0.3, -0.25) is 0 Å². The summed E-state index contributed by atoms with van der Waals surface area (Å²) in [6.07, 6.45) is 7.60. The second-order valence-electron chi connectivity index (χ2n) is 8.29. The second-order valence-corrected chi connectivity index (χ2v) is 8.29. The fourth-order valence-corrected chi connectivity index (χ4v) is 2.75. The maximum absolute atomic E-state index is 5.46. The Morgan fingerprint density at radius 2 is 1.43 bits per heavy atom. The quantitative estimate of drug-likeness (QED) is 0.635. The fourth-order valence-electron chi connectivity index (χ4n) is 2.75. The molecule has 0 aromatic heterocycles. The highest BCUT2D eigenvalue weighted by Crippen LogP contribution is 2.39. The van der Waals surface area contributed by atoms with E-state index in [1.807, 2.05) is 12.1 Å². The summed E-state index contributed by atoms with van der Waals surface area (Å²) in [6, 6.07) is 8.44. The van der Waals surface area contributed by atoms with Crippen molar-refractivity contribution in [2.24, 2.45) is 10.8 Å². The predicted molar refractivity (Wildman–Crippen MR) is 91.7 cm³/mol. The molecule has 1 rings (SSSR count). The molecule has 0 aliphatic carbocycles. The topological polar surface area (TPSA) is 9.23 Å². The number of hydrogen-bond acceptors (Lipinski definition) is 1. The summed E-state index contributed by atoms with van der Waals surface area (Å²) in [5, 5.41) is 0. The van der Waals surface area contributed by atoms with Crippen LogP contribution in [0, 0.1) is 23.2 Å². The van der Waals surface area contributed by atoms with E-state index in [2.05, 4.69) is 59.6 Å². The van der Waals surface area contributed by atoms with Crippen LogP contribution in [0.3, 0.4) is 0 Å². The maximum atomic E-state index is 5.46. The van der Waals surface area contributed by atoms with Crippen LogP contribution in [0.5, 0.6) is 5.75 Å². The van der Waals surface area contributed by atoms with Gasteiger partial charge in [0.2, 0.25) is 0 Å². The zero-order chi connectivity index (χ0) is 16.1. The lowest BCUT2D eigenvalue weighted by atomic mass is 9.74. The van der Waals surface area contributed by atoms with Gasteiger partial charge in [0.1, 0.15) is 12.4 Å². The third-order valence-electron chi connectivity index (χ3n) is 3.39. The average molecular weight is 286 g/mol. The number of benzene rings is 1. The Bertz CT molecular complexity index is 447. The maximum Gasteiger partial charge on any atom is 0.148 e. The minimum atomic E-state index is 0.326. The molecule has 1 nitrogen and oxygen atoms in total. The van der Waals surface area contributed by atoms with Gasteiger partial charge in [0.15, 0.2) is 0 Å². The van der Waals surface area contributed by atoms with Gasteiger partial charge in [-0.05, 0) is 47.3 Å². The molecule has 1 aromatic rings. The summed E-state index contributed by atoms with van der Waals surface area (Å²) in [4.78, 5) is 0. The van der Waals surface area contributed by atoms with Crippen molar-refractivity contribution in [1.82, 2.24) is 0 Å². The Balaban J connectivity index is 2.90. The first kappa shape index (κ1) is 17.6. The van der Waals surface area contributed by atoms with E-state index in [1.54, 1.807) is 0 Å². The van der Waals surface area contributed by atoms with Crippen molar-refractivity contribution in [2.75, 3.05) is 6.61 Å². The third-order valence-corrected chi connectivity index (χ3v) is 3.39. The van der Waals surface area contributed by atoms with Crippen molar-refractivity contribution in [2.45, 2.75) is 60.3 Å². The standard InChI is InChI=1S/C20H30O/c1-8-13-21-18-11-9-16(10-12-18)17(14-19(2,3)4)15-20(5,6)7/h1,9-12,17H,13-15H2,2-7H3. The van der Waals surface area contributed by atoms with Gasteiger partial charge < -0.3 is 4.74 Å². The van der Waals surface area contributed by atoms with Crippen LogP contribution < -0.4 is 4.74 Å². The van der Waals surface area contributed by atoms with E-state index in [0.29, 0.717) is 23.4 Å². The van der Waals surface area contributed by atoms with Crippen LogP contribution in [0.2, 0.25) is 0 Å². The van der Waals surface area contributed by atoms with Crippen molar-refractivity contribution in [3.63, 3.8) is 0 Å². The molecule has 0 unspecified atom stereocenters. The molecule has 0 aliphatic rings. The highest BCUT2D eigenvalue weighted by molar-refractivity contribution is 5.30. The van der Waals surface area contributed by atoms with E-state index in [9.17, 15) is 0 Å². The molecule has 0 saturated heterocycles. The third kappa shape index (κ3) is 7.23. The molecular formula is C20H30O. The van der Waals surface area contributed by atoms with Crippen LogP contribution in [0.25, 0.3) is 0 Å². The van der Waals surface area contributed by atoms with Gasteiger partial charge in [-0.25, -0.2) is 0 Å². The van der Waals surface area contributed by atoms with Gasteiger partial charge in [0.05, 0.1) is 0 Å². The molecule has 1 aromatic carbocycles. The smallest absolute Gasteiger partial charge is 0.148 e. The summed E-state index contributed by atoms with van der Waals surface area (Å²) < 4.78 is 5.46. The van der Waals surface area contributed by atoms with Crippen molar-refractivity contribution >= 4 is 0 Å². The van der Waals surface area contributed by atoms with E-state index < -0.39 is 0 Å². The highest BCUT2D eigenvalue weighted by atomic mass is 16.5. The van der Waals surface area contributed by atoms with Gasteiger partial charge >= 0.3 is 0 Å². The van der Waals surface area contributed by atoms with E-state index in [1.165, 1.54) is 18.4 Å². The number of ether oxygens (including phenoxy) is 1. The van der Waals surface area contributed by atoms with E-state index in [4.69, 9.17) is 11.2 Å². The summed E-state index contributed by atoms with van der Waals surface area (Å²) in [5.74, 6) is 3.92. The fraction of sp³-hybridized carbons (Fsp3) is 0.600. The lowest BCUT2D eigenvalue weighted by Crippen LogP contribution is -2.18. The summed E-state index contributed by atoms with van der Waals surface area (Å²) in [5.41, 5.74) is 2.05. The lowest BCUT2D eigenvalue weighted by molar-refractivity contribution is 0.268. The van der Waals surface area contributed by atoms with Gasteiger partial charge in [0, 0.05) is 0 Å².